The van der Waals surface area contributed by atoms with Crippen molar-refractivity contribution >= 4 is 12.2 Å². The van der Waals surface area contributed by atoms with Gasteiger partial charge in [0.2, 0.25) is 5.96 Å². The molecular weight excluding hydrogens is 252 g/mol. The Hall–Kier alpha value is -2.82. The van der Waals surface area contributed by atoms with Gasteiger partial charge >= 0.3 is 0 Å². The maximum Gasteiger partial charge on any atom is 0.211 e. The molecule has 0 bridgehead atoms. The molecule has 0 radical (unpaired) electrons. The summed E-state index contributed by atoms with van der Waals surface area (Å²) in [5, 5.41) is 7.30. The summed E-state index contributed by atoms with van der Waals surface area (Å²) in [6.07, 6.45) is 1.56. The third-order valence-electron chi connectivity index (χ3n) is 2.49. The lowest BCUT2D eigenvalue weighted by molar-refractivity contribution is 0.306. The van der Waals surface area contributed by atoms with Gasteiger partial charge in [0.15, 0.2) is 0 Å². The van der Waals surface area contributed by atoms with E-state index >= 15 is 0 Å². The largest absolute Gasteiger partial charge is 0.489 e. The van der Waals surface area contributed by atoms with E-state index in [1.807, 2.05) is 54.6 Å². The van der Waals surface area contributed by atoms with Gasteiger partial charge in [0.1, 0.15) is 12.4 Å². The molecule has 0 aliphatic carbocycles. The van der Waals surface area contributed by atoms with Crippen LogP contribution in [0.15, 0.2) is 64.8 Å². The van der Waals surface area contributed by atoms with E-state index in [4.69, 9.17) is 16.2 Å². The first-order chi connectivity index (χ1) is 9.74. The Morgan fingerprint density at radius 2 is 1.85 bits per heavy atom. The third kappa shape index (κ3) is 4.45. The Morgan fingerprint density at radius 3 is 2.60 bits per heavy atom. The monoisotopic (exact) mass is 268 g/mol. The van der Waals surface area contributed by atoms with E-state index in [1.165, 1.54) is 0 Å². The average molecular weight is 268 g/mol. The molecule has 0 atom stereocenters. The molecule has 0 aromatic heterocycles. The van der Waals surface area contributed by atoms with Crippen LogP contribution in [0.25, 0.3) is 0 Å². The molecule has 0 aliphatic heterocycles. The zero-order valence-corrected chi connectivity index (χ0v) is 10.9. The predicted octanol–water partition coefficient (Wildman–Crippen LogP) is 1.87. The summed E-state index contributed by atoms with van der Waals surface area (Å²) in [7, 11) is 0. The lowest BCUT2D eigenvalue weighted by Gasteiger charge is -2.06. The van der Waals surface area contributed by atoms with Crippen molar-refractivity contribution in [3.8, 4) is 5.75 Å². The molecular formula is C15H16N4O. The zero-order valence-electron chi connectivity index (χ0n) is 10.9. The van der Waals surface area contributed by atoms with Gasteiger partial charge in [-0.3, -0.25) is 0 Å². The van der Waals surface area contributed by atoms with Gasteiger partial charge in [-0.1, -0.05) is 42.5 Å². The first-order valence-corrected chi connectivity index (χ1v) is 6.13. The second kappa shape index (κ2) is 6.94. The third-order valence-corrected chi connectivity index (χ3v) is 2.49. The fraction of sp³-hybridized carbons (Fsp3) is 0.0667. The van der Waals surface area contributed by atoms with Crippen molar-refractivity contribution in [3.05, 3.63) is 65.7 Å². The highest BCUT2D eigenvalue weighted by Gasteiger charge is 1.96. The van der Waals surface area contributed by atoms with Crippen molar-refractivity contribution in [1.29, 1.82) is 0 Å². The first kappa shape index (κ1) is 13.6. The minimum atomic E-state index is -0.0715. The minimum absolute atomic E-state index is 0.0715. The number of hydrogen-bond acceptors (Lipinski definition) is 3. The van der Waals surface area contributed by atoms with E-state index in [-0.39, 0.29) is 5.96 Å². The van der Waals surface area contributed by atoms with Gasteiger partial charge in [0, 0.05) is 0 Å². The lowest BCUT2D eigenvalue weighted by Crippen LogP contribution is -2.21. The number of nitrogens with two attached hydrogens (primary N) is 2. The first-order valence-electron chi connectivity index (χ1n) is 6.13. The molecule has 0 saturated heterocycles. The molecule has 102 valence electrons. The van der Waals surface area contributed by atoms with Gasteiger partial charge in [0.05, 0.1) is 6.21 Å². The number of benzene rings is 2. The molecule has 5 heteroatoms. The summed E-state index contributed by atoms with van der Waals surface area (Å²) in [4.78, 5) is 0. The smallest absolute Gasteiger partial charge is 0.211 e. The maximum absolute atomic E-state index is 5.71. The molecule has 2 aromatic carbocycles. The van der Waals surface area contributed by atoms with E-state index in [2.05, 4.69) is 10.2 Å². The molecule has 4 N–H and O–H groups in total. The summed E-state index contributed by atoms with van der Waals surface area (Å²) in [5.41, 5.74) is 12.4. The number of hydrogen-bond donors (Lipinski definition) is 2. The topological polar surface area (TPSA) is 86.0 Å². The van der Waals surface area contributed by atoms with Crippen LogP contribution in [0.5, 0.6) is 5.75 Å². The highest BCUT2D eigenvalue weighted by atomic mass is 16.5. The number of guanidine groups is 1. The van der Waals surface area contributed by atoms with Gasteiger partial charge in [-0.25, -0.2) is 0 Å². The Kier molecular flexibility index (Phi) is 4.72. The summed E-state index contributed by atoms with van der Waals surface area (Å²) < 4.78 is 5.71. The van der Waals surface area contributed by atoms with E-state index in [0.717, 1.165) is 16.9 Å². The molecule has 0 aliphatic rings. The number of ether oxygens (including phenoxy) is 1. The van der Waals surface area contributed by atoms with Crippen molar-refractivity contribution in [1.82, 2.24) is 0 Å². The number of nitrogens with zero attached hydrogens (tertiary/aromatic N) is 2. The summed E-state index contributed by atoms with van der Waals surface area (Å²) in [6, 6.07) is 17.5. The van der Waals surface area contributed by atoms with E-state index in [0.29, 0.717) is 6.61 Å². The highest BCUT2D eigenvalue weighted by Crippen LogP contribution is 2.14. The Morgan fingerprint density at radius 1 is 1.05 bits per heavy atom. The lowest BCUT2D eigenvalue weighted by atomic mass is 10.2. The van der Waals surface area contributed by atoms with Gasteiger partial charge in [-0.2, -0.15) is 5.10 Å². The Labute approximate surface area is 117 Å². The van der Waals surface area contributed by atoms with Crippen molar-refractivity contribution in [3.63, 3.8) is 0 Å². The molecule has 20 heavy (non-hydrogen) atoms. The van der Waals surface area contributed by atoms with Crippen molar-refractivity contribution in [2.45, 2.75) is 6.61 Å². The normalized spacial score (nSPS) is 10.4. The van der Waals surface area contributed by atoms with Crippen LogP contribution in [-0.2, 0) is 6.61 Å². The Balaban J connectivity index is 1.99. The van der Waals surface area contributed by atoms with E-state index in [9.17, 15) is 0 Å². The van der Waals surface area contributed by atoms with Crippen molar-refractivity contribution in [2.75, 3.05) is 0 Å². The SMILES string of the molecule is NC(N)=NN=Cc1cccc(OCc2ccccc2)c1. The summed E-state index contributed by atoms with van der Waals surface area (Å²) in [5.74, 6) is 0.695. The molecule has 0 unspecified atom stereocenters. The minimum Gasteiger partial charge on any atom is -0.489 e. The van der Waals surface area contributed by atoms with Crippen LogP contribution in [0.3, 0.4) is 0 Å². The van der Waals surface area contributed by atoms with Crippen LogP contribution < -0.4 is 16.2 Å². The van der Waals surface area contributed by atoms with Crippen molar-refractivity contribution < 1.29 is 4.74 Å². The average Bonchev–Trinajstić information content (AvgIpc) is 2.46. The molecule has 0 heterocycles. The van der Waals surface area contributed by atoms with Crippen LogP contribution in [0.1, 0.15) is 11.1 Å². The van der Waals surface area contributed by atoms with Crippen LogP contribution in [0.4, 0.5) is 0 Å². The van der Waals surface area contributed by atoms with E-state index in [1.54, 1.807) is 6.21 Å². The van der Waals surface area contributed by atoms with Gasteiger partial charge < -0.3 is 16.2 Å². The zero-order chi connectivity index (χ0) is 14.2. The second-order valence-corrected chi connectivity index (χ2v) is 4.12. The van der Waals surface area contributed by atoms with Crippen LogP contribution in [-0.4, -0.2) is 12.2 Å². The molecule has 5 nitrogen and oxygen atoms in total. The maximum atomic E-state index is 5.71. The van der Waals surface area contributed by atoms with Gasteiger partial charge in [-0.15, -0.1) is 5.10 Å². The van der Waals surface area contributed by atoms with Crippen LogP contribution >= 0.6 is 0 Å². The fourth-order valence-electron chi connectivity index (χ4n) is 1.59. The van der Waals surface area contributed by atoms with Crippen LogP contribution in [0, 0.1) is 0 Å². The Bertz CT molecular complexity index is 604. The molecule has 0 spiro atoms. The van der Waals surface area contributed by atoms with Crippen molar-refractivity contribution in [2.24, 2.45) is 21.7 Å². The molecule has 0 fully saturated rings. The standard InChI is InChI=1S/C15H16N4O/c16-15(17)19-18-10-13-7-4-8-14(9-13)20-11-12-5-2-1-3-6-12/h1-10H,11H2,(H4,16,17,19). The van der Waals surface area contributed by atoms with Gasteiger partial charge in [0.25, 0.3) is 0 Å². The molecule has 2 rings (SSSR count). The van der Waals surface area contributed by atoms with E-state index < -0.39 is 0 Å². The highest BCUT2D eigenvalue weighted by molar-refractivity contribution is 5.81. The fourth-order valence-corrected chi connectivity index (χ4v) is 1.59. The second-order valence-electron chi connectivity index (χ2n) is 4.12. The summed E-state index contributed by atoms with van der Waals surface area (Å²) in [6.45, 7) is 0.523. The molecule has 2 aromatic rings. The van der Waals surface area contributed by atoms with Gasteiger partial charge in [-0.05, 0) is 23.3 Å². The molecule has 0 amide bonds. The predicted molar refractivity (Wildman–Crippen MR) is 80.6 cm³/mol. The quantitative estimate of drug-likeness (QED) is 0.493. The number of rotatable bonds is 5. The summed E-state index contributed by atoms with van der Waals surface area (Å²) >= 11 is 0. The molecule has 0 saturated carbocycles. The van der Waals surface area contributed by atoms with Crippen LogP contribution in [0.2, 0.25) is 0 Å².